The van der Waals surface area contributed by atoms with E-state index in [-0.39, 0.29) is 30.4 Å². The second-order valence-corrected chi connectivity index (χ2v) is 10.7. The minimum absolute atomic E-state index is 0.0345. The van der Waals surface area contributed by atoms with Crippen LogP contribution in [0.3, 0.4) is 0 Å². The van der Waals surface area contributed by atoms with Crippen LogP contribution in [0.2, 0.25) is 0 Å². The van der Waals surface area contributed by atoms with Crippen LogP contribution in [0.4, 0.5) is 8.78 Å². The van der Waals surface area contributed by atoms with Crippen LogP contribution in [-0.4, -0.2) is 65.9 Å². The summed E-state index contributed by atoms with van der Waals surface area (Å²) in [6, 6.07) is 1.04. The molecule has 2 unspecified atom stereocenters. The first-order valence-electron chi connectivity index (χ1n) is 9.60. The van der Waals surface area contributed by atoms with Crippen LogP contribution < -0.4 is 9.47 Å². The minimum atomic E-state index is -3.54. The molecule has 1 aliphatic carbocycles. The maximum atomic E-state index is 13.9. The lowest BCUT2D eigenvalue weighted by atomic mass is 9.92. The third-order valence-electron chi connectivity index (χ3n) is 5.81. The van der Waals surface area contributed by atoms with Crippen molar-refractivity contribution in [1.29, 1.82) is 0 Å². The van der Waals surface area contributed by atoms with Gasteiger partial charge in [-0.3, -0.25) is 0 Å². The van der Waals surface area contributed by atoms with E-state index >= 15 is 0 Å². The maximum absolute atomic E-state index is 13.9. The summed E-state index contributed by atoms with van der Waals surface area (Å²) in [6.45, 7) is 2.41. The van der Waals surface area contributed by atoms with Crippen molar-refractivity contribution < 1.29 is 26.7 Å². The smallest absolute Gasteiger partial charge is 0.258 e. The normalized spacial score (nSPS) is 29.7. The van der Waals surface area contributed by atoms with Gasteiger partial charge in [0.05, 0.1) is 18.6 Å². The molecule has 0 amide bonds. The molecule has 0 aromatic carbocycles. The fourth-order valence-electron chi connectivity index (χ4n) is 3.55. The van der Waals surface area contributed by atoms with Gasteiger partial charge in [0, 0.05) is 37.5 Å². The number of aromatic nitrogens is 1. The Morgan fingerprint density at radius 2 is 2.07 bits per heavy atom. The number of halogens is 2. The lowest BCUT2D eigenvalue weighted by Gasteiger charge is -2.44. The Balaban J connectivity index is 1.54. The van der Waals surface area contributed by atoms with E-state index in [1.807, 2.05) is 31.3 Å². The van der Waals surface area contributed by atoms with Crippen molar-refractivity contribution >= 4 is 9.84 Å². The van der Waals surface area contributed by atoms with Crippen molar-refractivity contribution in [2.45, 2.75) is 49.3 Å². The van der Waals surface area contributed by atoms with E-state index in [4.69, 9.17) is 9.47 Å². The molecule has 29 heavy (non-hydrogen) atoms. The molecule has 0 bridgehead atoms. The summed E-state index contributed by atoms with van der Waals surface area (Å²) in [7, 11) is -1.60. The summed E-state index contributed by atoms with van der Waals surface area (Å²) in [5.41, 5.74) is -2.98. The zero-order chi connectivity index (χ0) is 20.9. The van der Waals surface area contributed by atoms with E-state index < -0.39 is 32.3 Å². The molecule has 10 heteroatoms. The largest absolute Gasteiger partial charge is 0.485 e. The van der Waals surface area contributed by atoms with Gasteiger partial charge in [0.25, 0.3) is 5.88 Å². The summed E-state index contributed by atoms with van der Waals surface area (Å²) in [5, 5.41) is 0. The molecule has 3 heterocycles. The standard InChI is InChI=1S/C19H25F2N3O4S/c1-18(24-7-6-23(2)13-24)5-8-29(25,26)16(10-18)28-17-15(9-14(20)11-22-17)27-12-19(21)3-4-19/h6-7,9,11,16H,3-5,8,10,12-13H2,1-2H3. The Hall–Kier alpha value is -2.10. The molecule has 0 radical (unpaired) electrons. The number of hydrogen-bond acceptors (Lipinski definition) is 7. The zero-order valence-electron chi connectivity index (χ0n) is 16.5. The van der Waals surface area contributed by atoms with Gasteiger partial charge in [-0.05, 0) is 26.2 Å². The molecule has 1 saturated heterocycles. The second-order valence-electron chi connectivity index (χ2n) is 8.43. The van der Waals surface area contributed by atoms with E-state index in [2.05, 4.69) is 9.88 Å². The summed E-state index contributed by atoms with van der Waals surface area (Å²) in [5.74, 6) is -0.926. The van der Waals surface area contributed by atoms with Crippen molar-refractivity contribution in [3.8, 4) is 11.6 Å². The van der Waals surface area contributed by atoms with Gasteiger partial charge in [-0.15, -0.1) is 0 Å². The molecule has 7 nitrogen and oxygen atoms in total. The van der Waals surface area contributed by atoms with Gasteiger partial charge in [-0.25, -0.2) is 22.2 Å². The Labute approximate surface area is 169 Å². The van der Waals surface area contributed by atoms with Gasteiger partial charge >= 0.3 is 0 Å². The van der Waals surface area contributed by atoms with Crippen molar-refractivity contribution in [2.24, 2.45) is 0 Å². The number of hydrogen-bond donors (Lipinski definition) is 0. The molecule has 0 spiro atoms. The SMILES string of the molecule is CN1C=CN(C2(C)CCS(=O)(=O)C(Oc3ncc(F)cc3OCC3(F)CC3)C2)C1. The number of sulfone groups is 1. The average molecular weight is 429 g/mol. The molecule has 2 fully saturated rings. The summed E-state index contributed by atoms with van der Waals surface area (Å²) < 4.78 is 64.1. The van der Waals surface area contributed by atoms with Crippen molar-refractivity contribution in [2.75, 3.05) is 26.1 Å². The zero-order valence-corrected chi connectivity index (χ0v) is 17.3. The van der Waals surface area contributed by atoms with Crippen molar-refractivity contribution in [3.05, 3.63) is 30.5 Å². The molecule has 160 valence electrons. The fourth-order valence-corrected chi connectivity index (χ4v) is 5.39. The summed E-state index contributed by atoms with van der Waals surface area (Å²) in [4.78, 5) is 7.96. The molecule has 1 aromatic rings. The first-order valence-corrected chi connectivity index (χ1v) is 11.3. The highest BCUT2D eigenvalue weighted by Gasteiger charge is 2.47. The van der Waals surface area contributed by atoms with E-state index in [0.717, 1.165) is 12.3 Å². The monoisotopic (exact) mass is 429 g/mol. The van der Waals surface area contributed by atoms with Crippen LogP contribution >= 0.6 is 0 Å². The molecular weight excluding hydrogens is 404 g/mol. The van der Waals surface area contributed by atoms with E-state index in [1.165, 1.54) is 0 Å². The van der Waals surface area contributed by atoms with Crippen LogP contribution in [0, 0.1) is 5.82 Å². The predicted octanol–water partition coefficient (Wildman–Crippen LogP) is 2.45. The summed E-state index contributed by atoms with van der Waals surface area (Å²) in [6.07, 6.45) is 6.27. The number of ether oxygens (including phenoxy) is 2. The first-order chi connectivity index (χ1) is 13.6. The number of nitrogens with zero attached hydrogens (tertiary/aromatic N) is 3. The third kappa shape index (κ3) is 4.26. The number of rotatable bonds is 6. The molecule has 2 atom stereocenters. The van der Waals surface area contributed by atoms with Crippen LogP contribution in [0.1, 0.15) is 32.6 Å². The molecule has 1 aromatic heterocycles. The van der Waals surface area contributed by atoms with Crippen molar-refractivity contribution in [3.63, 3.8) is 0 Å². The maximum Gasteiger partial charge on any atom is 0.258 e. The highest BCUT2D eigenvalue weighted by atomic mass is 32.2. The van der Waals surface area contributed by atoms with Gasteiger partial charge in [0.2, 0.25) is 5.44 Å². The highest BCUT2D eigenvalue weighted by molar-refractivity contribution is 7.91. The quantitative estimate of drug-likeness (QED) is 0.688. The van der Waals surface area contributed by atoms with E-state index in [9.17, 15) is 17.2 Å². The Kier molecular flexibility index (Phi) is 4.87. The van der Waals surface area contributed by atoms with Crippen LogP contribution in [-0.2, 0) is 9.84 Å². The van der Waals surface area contributed by atoms with Gasteiger partial charge in [-0.2, -0.15) is 0 Å². The highest BCUT2D eigenvalue weighted by Crippen LogP contribution is 2.41. The van der Waals surface area contributed by atoms with Crippen molar-refractivity contribution in [1.82, 2.24) is 14.8 Å². The summed E-state index contributed by atoms with van der Waals surface area (Å²) >= 11 is 0. The van der Waals surface area contributed by atoms with Gasteiger partial charge < -0.3 is 19.3 Å². The lowest BCUT2D eigenvalue weighted by Crippen LogP contribution is -2.53. The number of alkyl halides is 1. The Morgan fingerprint density at radius 1 is 1.31 bits per heavy atom. The Bertz CT molecular complexity index is 922. The van der Waals surface area contributed by atoms with Crippen LogP contribution in [0.15, 0.2) is 24.7 Å². The van der Waals surface area contributed by atoms with E-state index in [1.54, 1.807) is 0 Å². The molecule has 3 aliphatic rings. The van der Waals surface area contributed by atoms with Crippen LogP contribution in [0.5, 0.6) is 11.6 Å². The predicted molar refractivity (Wildman–Crippen MR) is 102 cm³/mol. The van der Waals surface area contributed by atoms with E-state index in [0.29, 0.717) is 25.9 Å². The second kappa shape index (κ2) is 7.00. The molecule has 2 aliphatic heterocycles. The van der Waals surface area contributed by atoms with Crippen LogP contribution in [0.25, 0.3) is 0 Å². The topological polar surface area (TPSA) is 72.0 Å². The molecule has 1 saturated carbocycles. The van der Waals surface area contributed by atoms with Gasteiger partial charge in [0.1, 0.15) is 18.1 Å². The first kappa shape index (κ1) is 20.2. The lowest BCUT2D eigenvalue weighted by molar-refractivity contribution is 0.0828. The average Bonchev–Trinajstić information content (AvgIpc) is 3.23. The minimum Gasteiger partial charge on any atom is -0.485 e. The van der Waals surface area contributed by atoms with Gasteiger partial charge in [0.15, 0.2) is 15.6 Å². The molecule has 0 N–H and O–H groups in total. The molecular formula is C19H25F2N3O4S. The Morgan fingerprint density at radius 3 is 2.72 bits per heavy atom. The fraction of sp³-hybridized carbons (Fsp3) is 0.632. The van der Waals surface area contributed by atoms with Gasteiger partial charge in [-0.1, -0.05) is 0 Å². The third-order valence-corrected chi connectivity index (χ3v) is 7.65. The molecule has 4 rings (SSSR count). The number of pyridine rings is 1.